The van der Waals surface area contributed by atoms with Gasteiger partial charge in [-0.15, -0.1) is 23.4 Å². The van der Waals surface area contributed by atoms with E-state index in [1.54, 1.807) is 13.0 Å². The average Bonchev–Trinajstić information content (AvgIpc) is 2.22. The molecule has 0 radical (unpaired) electrons. The van der Waals surface area contributed by atoms with Gasteiger partial charge in [0.1, 0.15) is 11.6 Å². The van der Waals surface area contributed by atoms with Crippen LogP contribution in [0.1, 0.15) is 12.5 Å². The van der Waals surface area contributed by atoms with E-state index in [1.807, 2.05) is 0 Å². The molecular weight excluding hydrogens is 240 g/mol. The van der Waals surface area contributed by atoms with Gasteiger partial charge in [-0.25, -0.2) is 8.78 Å². The molecule has 0 bridgehead atoms. The highest BCUT2D eigenvalue weighted by molar-refractivity contribution is 8.00. The number of alkyl halides is 1. The SMILES string of the molecule is CC(CCl)Sc1c(F)cc(C#N)cc1F. The van der Waals surface area contributed by atoms with E-state index < -0.39 is 11.6 Å². The molecule has 0 heterocycles. The summed E-state index contributed by atoms with van der Waals surface area (Å²) < 4.78 is 26.7. The zero-order valence-electron chi connectivity index (χ0n) is 7.93. The molecule has 1 unspecified atom stereocenters. The number of nitriles is 1. The van der Waals surface area contributed by atoms with Gasteiger partial charge in [0.15, 0.2) is 0 Å². The first-order valence-corrected chi connectivity index (χ1v) is 5.61. The lowest BCUT2D eigenvalue weighted by Crippen LogP contribution is -2.00. The van der Waals surface area contributed by atoms with Crippen LogP contribution in [-0.4, -0.2) is 11.1 Å². The Kier molecular flexibility index (Phi) is 4.37. The molecule has 1 aromatic carbocycles. The fraction of sp³-hybridized carbons (Fsp3) is 0.300. The molecular formula is C10H8ClF2NS. The van der Waals surface area contributed by atoms with Gasteiger partial charge >= 0.3 is 0 Å². The van der Waals surface area contributed by atoms with E-state index in [2.05, 4.69) is 0 Å². The molecule has 5 heteroatoms. The van der Waals surface area contributed by atoms with E-state index in [4.69, 9.17) is 16.9 Å². The summed E-state index contributed by atoms with van der Waals surface area (Å²) in [5.41, 5.74) is -0.0205. The van der Waals surface area contributed by atoms with E-state index in [-0.39, 0.29) is 15.7 Å². The highest BCUT2D eigenvalue weighted by Gasteiger charge is 2.14. The average molecular weight is 248 g/mol. The maximum absolute atomic E-state index is 13.3. The fourth-order valence-corrected chi connectivity index (χ4v) is 1.97. The molecule has 1 rings (SSSR count). The van der Waals surface area contributed by atoms with Gasteiger partial charge in [-0.05, 0) is 12.1 Å². The van der Waals surface area contributed by atoms with Crippen LogP contribution in [0.2, 0.25) is 0 Å². The van der Waals surface area contributed by atoms with Crippen molar-refractivity contribution in [1.29, 1.82) is 5.26 Å². The highest BCUT2D eigenvalue weighted by atomic mass is 35.5. The van der Waals surface area contributed by atoms with Crippen LogP contribution in [-0.2, 0) is 0 Å². The van der Waals surface area contributed by atoms with Crippen molar-refractivity contribution in [2.24, 2.45) is 0 Å². The standard InChI is InChI=1S/C10H8ClF2NS/c1-6(4-11)15-10-8(12)2-7(5-14)3-9(10)13/h2-3,6H,4H2,1H3. The molecule has 0 aliphatic carbocycles. The molecule has 1 aromatic rings. The Labute approximate surface area is 96.0 Å². The van der Waals surface area contributed by atoms with Gasteiger partial charge in [0, 0.05) is 11.1 Å². The summed E-state index contributed by atoms with van der Waals surface area (Å²) in [7, 11) is 0. The van der Waals surface area contributed by atoms with Crippen molar-refractivity contribution in [2.45, 2.75) is 17.1 Å². The van der Waals surface area contributed by atoms with Gasteiger partial charge < -0.3 is 0 Å². The molecule has 0 fully saturated rings. The van der Waals surface area contributed by atoms with Crippen molar-refractivity contribution in [2.75, 3.05) is 5.88 Å². The molecule has 1 nitrogen and oxygen atoms in total. The maximum atomic E-state index is 13.3. The molecule has 0 aliphatic rings. The monoisotopic (exact) mass is 247 g/mol. The van der Waals surface area contributed by atoms with Crippen LogP contribution >= 0.6 is 23.4 Å². The van der Waals surface area contributed by atoms with Gasteiger partial charge in [0.05, 0.1) is 16.5 Å². The minimum Gasteiger partial charge on any atom is -0.206 e. The van der Waals surface area contributed by atoms with E-state index in [0.29, 0.717) is 5.88 Å². The fourth-order valence-electron chi connectivity index (χ4n) is 0.970. The van der Waals surface area contributed by atoms with E-state index >= 15 is 0 Å². The predicted octanol–water partition coefficient (Wildman–Crippen LogP) is 3.56. The Bertz CT molecular complexity index is 380. The number of thioether (sulfide) groups is 1. The molecule has 0 amide bonds. The van der Waals surface area contributed by atoms with Crippen LogP contribution < -0.4 is 0 Å². The maximum Gasteiger partial charge on any atom is 0.141 e. The van der Waals surface area contributed by atoms with Crippen molar-refractivity contribution >= 4 is 23.4 Å². The largest absolute Gasteiger partial charge is 0.206 e. The van der Waals surface area contributed by atoms with Crippen molar-refractivity contribution in [3.05, 3.63) is 29.3 Å². The summed E-state index contributed by atoms with van der Waals surface area (Å²) in [6.45, 7) is 1.77. The first-order chi connectivity index (χ1) is 7.08. The van der Waals surface area contributed by atoms with Crippen molar-refractivity contribution in [3.8, 4) is 6.07 Å². The minimum atomic E-state index is -0.714. The summed E-state index contributed by atoms with van der Waals surface area (Å²) in [5, 5.41) is 8.41. The predicted molar refractivity (Wildman–Crippen MR) is 57.1 cm³/mol. The second kappa shape index (κ2) is 5.34. The van der Waals surface area contributed by atoms with Gasteiger partial charge in [-0.2, -0.15) is 5.26 Å². The Morgan fingerprint density at radius 2 is 2.00 bits per heavy atom. The van der Waals surface area contributed by atoms with E-state index in [9.17, 15) is 8.78 Å². The molecule has 80 valence electrons. The molecule has 15 heavy (non-hydrogen) atoms. The second-order valence-electron chi connectivity index (χ2n) is 2.96. The number of rotatable bonds is 3. The first kappa shape index (κ1) is 12.3. The zero-order chi connectivity index (χ0) is 11.4. The Morgan fingerprint density at radius 3 is 2.40 bits per heavy atom. The van der Waals surface area contributed by atoms with Crippen LogP contribution in [0.25, 0.3) is 0 Å². The molecule has 0 aromatic heterocycles. The lowest BCUT2D eigenvalue weighted by Gasteiger charge is -2.09. The van der Waals surface area contributed by atoms with Crippen LogP contribution in [0.4, 0.5) is 8.78 Å². The number of benzene rings is 1. The van der Waals surface area contributed by atoms with Crippen molar-refractivity contribution < 1.29 is 8.78 Å². The van der Waals surface area contributed by atoms with Crippen LogP contribution in [0, 0.1) is 23.0 Å². The third kappa shape index (κ3) is 3.08. The van der Waals surface area contributed by atoms with Crippen molar-refractivity contribution in [3.63, 3.8) is 0 Å². The minimum absolute atomic E-state index is 0.0205. The molecule has 0 saturated heterocycles. The molecule has 0 N–H and O–H groups in total. The number of hydrogen-bond acceptors (Lipinski definition) is 2. The summed E-state index contributed by atoms with van der Waals surface area (Å²) in [5.74, 6) is -1.12. The third-order valence-electron chi connectivity index (χ3n) is 1.66. The summed E-state index contributed by atoms with van der Waals surface area (Å²) in [4.78, 5) is -0.0813. The summed E-state index contributed by atoms with van der Waals surface area (Å²) in [6, 6.07) is 3.73. The van der Waals surface area contributed by atoms with Gasteiger partial charge in [0.2, 0.25) is 0 Å². The first-order valence-electron chi connectivity index (χ1n) is 4.20. The highest BCUT2D eigenvalue weighted by Crippen LogP contribution is 2.30. The molecule has 0 spiro atoms. The Morgan fingerprint density at radius 1 is 1.47 bits per heavy atom. The molecule has 1 atom stereocenters. The lowest BCUT2D eigenvalue weighted by molar-refractivity contribution is 0.539. The van der Waals surface area contributed by atoms with Crippen LogP contribution in [0.15, 0.2) is 17.0 Å². The van der Waals surface area contributed by atoms with E-state index in [0.717, 1.165) is 23.9 Å². The smallest absolute Gasteiger partial charge is 0.141 e. The summed E-state index contributed by atoms with van der Waals surface area (Å²) in [6.07, 6.45) is 0. The van der Waals surface area contributed by atoms with Crippen molar-refractivity contribution in [1.82, 2.24) is 0 Å². The topological polar surface area (TPSA) is 23.8 Å². The lowest BCUT2D eigenvalue weighted by atomic mass is 10.2. The van der Waals surface area contributed by atoms with Crippen LogP contribution in [0.3, 0.4) is 0 Å². The number of nitrogens with zero attached hydrogens (tertiary/aromatic N) is 1. The quantitative estimate of drug-likeness (QED) is 0.602. The third-order valence-corrected chi connectivity index (χ3v) is 3.50. The van der Waals surface area contributed by atoms with Crippen LogP contribution in [0.5, 0.6) is 0 Å². The normalized spacial score (nSPS) is 12.2. The molecule has 0 saturated carbocycles. The van der Waals surface area contributed by atoms with E-state index in [1.165, 1.54) is 0 Å². The Balaban J connectivity index is 3.04. The number of hydrogen-bond donors (Lipinski definition) is 0. The molecule has 0 aliphatic heterocycles. The van der Waals surface area contributed by atoms with Gasteiger partial charge in [0.25, 0.3) is 0 Å². The second-order valence-corrected chi connectivity index (χ2v) is 4.72. The van der Waals surface area contributed by atoms with Gasteiger partial charge in [-0.3, -0.25) is 0 Å². The zero-order valence-corrected chi connectivity index (χ0v) is 9.50. The Hall–Kier alpha value is -0.790. The van der Waals surface area contributed by atoms with Gasteiger partial charge in [-0.1, -0.05) is 6.92 Å². The summed E-state index contributed by atoms with van der Waals surface area (Å²) >= 11 is 6.57. The number of halogens is 3.